The quantitative estimate of drug-likeness (QED) is 0.801. The molecule has 3 saturated heterocycles. The van der Waals surface area contributed by atoms with Gasteiger partial charge in [0.2, 0.25) is 0 Å². The zero-order chi connectivity index (χ0) is 16.6. The fourth-order valence-electron chi connectivity index (χ4n) is 3.49. The molecule has 0 N–H and O–H groups in total. The normalized spacial score (nSPS) is 36.3. The van der Waals surface area contributed by atoms with E-state index in [1.54, 1.807) is 0 Å². The van der Waals surface area contributed by atoms with Crippen molar-refractivity contribution in [3.05, 3.63) is 71.8 Å². The van der Waals surface area contributed by atoms with E-state index >= 15 is 0 Å². The van der Waals surface area contributed by atoms with Gasteiger partial charge < -0.3 is 23.7 Å². The second-order valence-corrected chi connectivity index (χ2v) is 6.58. The molecule has 0 spiro atoms. The number of epoxide rings is 1. The lowest BCUT2D eigenvalue weighted by Crippen LogP contribution is -2.52. The van der Waals surface area contributed by atoms with E-state index in [4.69, 9.17) is 23.7 Å². The van der Waals surface area contributed by atoms with Crippen molar-refractivity contribution in [2.24, 2.45) is 0 Å². The molecule has 0 saturated carbocycles. The van der Waals surface area contributed by atoms with Crippen LogP contribution in [-0.4, -0.2) is 37.3 Å². The van der Waals surface area contributed by atoms with Gasteiger partial charge in [0.25, 0.3) is 0 Å². The van der Waals surface area contributed by atoms with Crippen LogP contribution in [0.1, 0.15) is 17.4 Å². The first-order chi connectivity index (χ1) is 12.4. The predicted octanol–water partition coefficient (Wildman–Crippen LogP) is 2.81. The van der Waals surface area contributed by atoms with Crippen molar-refractivity contribution in [2.45, 2.75) is 43.6 Å². The largest absolute Gasteiger partial charge is 0.361 e. The lowest BCUT2D eigenvalue weighted by molar-refractivity contribution is -0.308. The Morgan fingerprint density at radius 1 is 0.800 bits per heavy atom. The molecule has 5 heteroatoms. The highest BCUT2D eigenvalue weighted by Gasteiger charge is 2.60. The van der Waals surface area contributed by atoms with E-state index in [1.165, 1.54) is 0 Å². The van der Waals surface area contributed by atoms with E-state index in [-0.39, 0.29) is 37.0 Å². The molecule has 25 heavy (non-hydrogen) atoms. The van der Waals surface area contributed by atoms with Gasteiger partial charge in [0.15, 0.2) is 12.6 Å². The molecule has 2 aromatic rings. The average molecular weight is 340 g/mol. The number of hydrogen-bond acceptors (Lipinski definition) is 5. The molecule has 0 radical (unpaired) electrons. The Morgan fingerprint density at radius 2 is 1.56 bits per heavy atom. The van der Waals surface area contributed by atoms with Gasteiger partial charge in [-0.25, -0.2) is 0 Å². The van der Waals surface area contributed by atoms with Gasteiger partial charge in [-0.2, -0.15) is 0 Å². The van der Waals surface area contributed by atoms with E-state index in [9.17, 15) is 0 Å². The van der Waals surface area contributed by atoms with Crippen molar-refractivity contribution in [1.29, 1.82) is 0 Å². The molecule has 5 rings (SSSR count). The second kappa shape index (κ2) is 6.52. The monoisotopic (exact) mass is 340 g/mol. The summed E-state index contributed by atoms with van der Waals surface area (Å²) < 4.78 is 29.7. The molecule has 5 nitrogen and oxygen atoms in total. The molecule has 3 fully saturated rings. The molecule has 3 aliphatic rings. The van der Waals surface area contributed by atoms with Gasteiger partial charge in [-0.05, 0) is 5.56 Å². The summed E-state index contributed by atoms with van der Waals surface area (Å²) in [6.45, 7) is 0.978. The predicted molar refractivity (Wildman–Crippen MR) is 88.6 cm³/mol. The lowest BCUT2D eigenvalue weighted by Gasteiger charge is -2.39. The Balaban J connectivity index is 1.22. The number of benzene rings is 2. The minimum absolute atomic E-state index is 0.0228. The standard InChI is InChI=1S/C20H20O5/c1-3-7-13(8-4-1)11-21-20-18-17(24-18)16-15(23-20)12-22-19(25-16)14-9-5-2-6-10-14/h1-10,15-20H,11-12H2/t15-,16-,17-,18-,19-,20-/m1/s1. The summed E-state index contributed by atoms with van der Waals surface area (Å²) in [5.41, 5.74) is 2.13. The van der Waals surface area contributed by atoms with Gasteiger partial charge in [-0.3, -0.25) is 0 Å². The van der Waals surface area contributed by atoms with Crippen LogP contribution in [0.25, 0.3) is 0 Å². The van der Waals surface area contributed by atoms with E-state index in [0.29, 0.717) is 13.2 Å². The Bertz CT molecular complexity index is 707. The number of fused-ring (bicyclic) bond motifs is 3. The third-order valence-electron chi connectivity index (χ3n) is 4.85. The zero-order valence-corrected chi connectivity index (χ0v) is 13.7. The fraction of sp³-hybridized carbons (Fsp3) is 0.400. The first kappa shape index (κ1) is 15.5. The number of hydrogen-bond donors (Lipinski definition) is 0. The first-order valence-corrected chi connectivity index (χ1v) is 8.67. The topological polar surface area (TPSA) is 49.5 Å². The van der Waals surface area contributed by atoms with Crippen LogP contribution in [-0.2, 0) is 30.3 Å². The molecule has 6 atom stereocenters. The summed E-state index contributed by atoms with van der Waals surface area (Å²) in [4.78, 5) is 0. The van der Waals surface area contributed by atoms with Crippen LogP contribution < -0.4 is 0 Å². The zero-order valence-electron chi connectivity index (χ0n) is 13.7. The lowest BCUT2D eigenvalue weighted by atomic mass is 10.0. The minimum atomic E-state index is -0.369. The molecule has 2 aromatic carbocycles. The highest BCUT2D eigenvalue weighted by molar-refractivity contribution is 5.17. The summed E-state index contributed by atoms with van der Waals surface area (Å²) in [5, 5.41) is 0. The van der Waals surface area contributed by atoms with Crippen LogP contribution in [0, 0.1) is 0 Å². The summed E-state index contributed by atoms with van der Waals surface area (Å²) in [6, 6.07) is 20.0. The molecule has 130 valence electrons. The van der Waals surface area contributed by atoms with Crippen molar-refractivity contribution >= 4 is 0 Å². The van der Waals surface area contributed by atoms with E-state index < -0.39 is 0 Å². The van der Waals surface area contributed by atoms with Gasteiger partial charge in [0.05, 0.1) is 13.2 Å². The van der Waals surface area contributed by atoms with Crippen LogP contribution in [0.15, 0.2) is 60.7 Å². The maximum atomic E-state index is 6.11. The molecule has 0 amide bonds. The molecule has 3 heterocycles. The van der Waals surface area contributed by atoms with Gasteiger partial charge in [0.1, 0.15) is 24.4 Å². The van der Waals surface area contributed by atoms with Gasteiger partial charge in [0, 0.05) is 5.56 Å². The van der Waals surface area contributed by atoms with Gasteiger partial charge in [-0.15, -0.1) is 0 Å². The van der Waals surface area contributed by atoms with Crippen molar-refractivity contribution in [2.75, 3.05) is 6.61 Å². The van der Waals surface area contributed by atoms with E-state index in [2.05, 4.69) is 0 Å². The average Bonchev–Trinajstić information content (AvgIpc) is 3.49. The van der Waals surface area contributed by atoms with Crippen LogP contribution in [0.3, 0.4) is 0 Å². The highest BCUT2D eigenvalue weighted by Crippen LogP contribution is 2.43. The van der Waals surface area contributed by atoms with Crippen LogP contribution in [0.2, 0.25) is 0 Å². The summed E-state index contributed by atoms with van der Waals surface area (Å²) in [6.07, 6.45) is -1.04. The number of ether oxygens (including phenoxy) is 5. The molecule has 0 unspecified atom stereocenters. The van der Waals surface area contributed by atoms with Crippen LogP contribution in [0.5, 0.6) is 0 Å². The van der Waals surface area contributed by atoms with Crippen molar-refractivity contribution in [3.63, 3.8) is 0 Å². The third kappa shape index (κ3) is 3.10. The highest BCUT2D eigenvalue weighted by atomic mass is 16.8. The van der Waals surface area contributed by atoms with Crippen LogP contribution >= 0.6 is 0 Å². The third-order valence-corrected chi connectivity index (χ3v) is 4.85. The molecule has 0 bridgehead atoms. The molecular weight excluding hydrogens is 320 g/mol. The first-order valence-electron chi connectivity index (χ1n) is 8.67. The fourth-order valence-corrected chi connectivity index (χ4v) is 3.49. The summed E-state index contributed by atoms with van der Waals surface area (Å²) in [5.74, 6) is 0. The van der Waals surface area contributed by atoms with Crippen molar-refractivity contribution < 1.29 is 23.7 Å². The Kier molecular flexibility index (Phi) is 4.04. The summed E-state index contributed by atoms with van der Waals surface area (Å²) in [7, 11) is 0. The van der Waals surface area contributed by atoms with Gasteiger partial charge >= 0.3 is 0 Å². The second-order valence-electron chi connectivity index (χ2n) is 6.58. The van der Waals surface area contributed by atoms with Crippen LogP contribution in [0.4, 0.5) is 0 Å². The number of rotatable bonds is 4. The van der Waals surface area contributed by atoms with E-state index in [1.807, 2.05) is 60.7 Å². The Hall–Kier alpha value is -1.76. The van der Waals surface area contributed by atoms with Crippen molar-refractivity contribution in [3.8, 4) is 0 Å². The van der Waals surface area contributed by atoms with E-state index in [0.717, 1.165) is 11.1 Å². The Labute approximate surface area is 146 Å². The maximum absolute atomic E-state index is 6.11. The van der Waals surface area contributed by atoms with Gasteiger partial charge in [-0.1, -0.05) is 60.7 Å². The minimum Gasteiger partial charge on any atom is -0.361 e. The smallest absolute Gasteiger partial charge is 0.187 e. The summed E-state index contributed by atoms with van der Waals surface area (Å²) >= 11 is 0. The molecular formula is C20H20O5. The van der Waals surface area contributed by atoms with Crippen molar-refractivity contribution in [1.82, 2.24) is 0 Å². The molecule has 0 aromatic heterocycles. The maximum Gasteiger partial charge on any atom is 0.187 e. The SMILES string of the molecule is c1ccc(CO[C@@H]2O[C@@H]3CO[C@@H](c4ccccc4)O[C@H]3[C@H]3O[C@@H]23)cc1. The Morgan fingerprint density at radius 3 is 2.36 bits per heavy atom. The molecule has 0 aliphatic carbocycles. The molecule has 3 aliphatic heterocycles.